The highest BCUT2D eigenvalue weighted by Crippen LogP contribution is 2.44. The van der Waals surface area contributed by atoms with Crippen LogP contribution in [-0.4, -0.2) is 21.9 Å². The van der Waals surface area contributed by atoms with Crippen LogP contribution < -0.4 is 10.6 Å². The maximum atomic E-state index is 13.7. The second-order valence-electron chi connectivity index (χ2n) is 6.66. The van der Waals surface area contributed by atoms with Crippen molar-refractivity contribution in [3.05, 3.63) is 68.5 Å². The Hall–Kier alpha value is -2.33. The molecule has 1 aliphatic heterocycles. The first-order valence-electron chi connectivity index (χ1n) is 8.79. The van der Waals surface area contributed by atoms with Crippen LogP contribution in [0.15, 0.2) is 52.4 Å². The molecule has 0 unspecified atom stereocenters. The summed E-state index contributed by atoms with van der Waals surface area (Å²) in [6.07, 6.45) is -3.51. The van der Waals surface area contributed by atoms with Gasteiger partial charge in [-0.1, -0.05) is 34.1 Å². The van der Waals surface area contributed by atoms with Crippen LogP contribution in [0.1, 0.15) is 39.3 Å². The Kier molecular flexibility index (Phi) is 5.39. The van der Waals surface area contributed by atoms with Gasteiger partial charge in [-0.3, -0.25) is 4.79 Å². The van der Waals surface area contributed by atoms with Crippen molar-refractivity contribution in [1.29, 1.82) is 0 Å². The van der Waals surface area contributed by atoms with E-state index in [9.17, 15) is 18.0 Å². The number of halogens is 4. The standard InChI is InChI=1S/C19H16BrF3N4OS/c20-12-5-3-11(4-6-12)15-8-16(19(21,22)23)27-17(26-15)14(10-25-27)18(28)24-9-13-2-1-7-29-13/h1-7,10,15-16,26H,8-9H2,(H,24,28)/t15-,16-/m0/s1. The zero-order chi connectivity index (χ0) is 20.6. The number of rotatable bonds is 4. The second-order valence-corrected chi connectivity index (χ2v) is 8.60. The van der Waals surface area contributed by atoms with E-state index in [0.717, 1.165) is 14.0 Å². The van der Waals surface area contributed by atoms with Gasteiger partial charge in [-0.2, -0.15) is 18.3 Å². The predicted octanol–water partition coefficient (Wildman–Crippen LogP) is 5.30. The number of nitrogens with zero attached hydrogens (tertiary/aromatic N) is 2. The van der Waals surface area contributed by atoms with Crippen molar-refractivity contribution in [1.82, 2.24) is 15.1 Å². The number of fused-ring (bicyclic) bond motifs is 1. The van der Waals surface area contributed by atoms with E-state index in [4.69, 9.17) is 0 Å². The summed E-state index contributed by atoms with van der Waals surface area (Å²) in [4.78, 5) is 13.6. The summed E-state index contributed by atoms with van der Waals surface area (Å²) >= 11 is 4.82. The maximum absolute atomic E-state index is 13.7. The minimum absolute atomic E-state index is 0.0789. The number of carbonyl (C=O) groups excluding carboxylic acids is 1. The fourth-order valence-corrected chi connectivity index (χ4v) is 4.23. The van der Waals surface area contributed by atoms with E-state index in [1.807, 2.05) is 17.5 Å². The van der Waals surface area contributed by atoms with Crippen LogP contribution in [0.25, 0.3) is 0 Å². The molecule has 10 heteroatoms. The number of hydrogen-bond acceptors (Lipinski definition) is 4. The summed E-state index contributed by atoms with van der Waals surface area (Å²) in [5.74, 6) is -0.389. The van der Waals surface area contributed by atoms with Crippen molar-refractivity contribution in [2.75, 3.05) is 5.32 Å². The molecule has 0 radical (unpaired) electrons. The Bertz CT molecular complexity index is 1000. The van der Waals surface area contributed by atoms with Crippen molar-refractivity contribution in [2.45, 2.75) is 31.2 Å². The first-order chi connectivity index (χ1) is 13.8. The molecule has 0 bridgehead atoms. The van der Waals surface area contributed by atoms with Crippen LogP contribution in [0.5, 0.6) is 0 Å². The summed E-state index contributed by atoms with van der Waals surface area (Å²) in [5.41, 5.74) is 0.803. The predicted molar refractivity (Wildman–Crippen MR) is 108 cm³/mol. The molecule has 0 aliphatic carbocycles. The summed E-state index contributed by atoms with van der Waals surface area (Å²) in [7, 11) is 0. The number of benzene rings is 1. The van der Waals surface area contributed by atoms with Gasteiger partial charge < -0.3 is 10.6 Å². The molecule has 2 atom stereocenters. The van der Waals surface area contributed by atoms with Crippen molar-refractivity contribution in [3.8, 4) is 0 Å². The lowest BCUT2D eigenvalue weighted by Gasteiger charge is -2.34. The van der Waals surface area contributed by atoms with Crippen LogP contribution in [0.2, 0.25) is 0 Å². The molecule has 152 valence electrons. The van der Waals surface area contributed by atoms with Gasteiger partial charge in [0.15, 0.2) is 6.04 Å². The van der Waals surface area contributed by atoms with Crippen LogP contribution in [0, 0.1) is 0 Å². The lowest BCUT2D eigenvalue weighted by Crippen LogP contribution is -2.36. The van der Waals surface area contributed by atoms with E-state index in [1.165, 1.54) is 17.5 Å². The molecule has 2 N–H and O–H groups in total. The molecule has 1 aliphatic rings. The van der Waals surface area contributed by atoms with Crippen molar-refractivity contribution >= 4 is 39.0 Å². The summed E-state index contributed by atoms with van der Waals surface area (Å²) in [5, 5.41) is 11.6. The van der Waals surface area contributed by atoms with Gasteiger partial charge in [0.25, 0.3) is 5.91 Å². The first kappa shape index (κ1) is 20.0. The molecule has 4 rings (SSSR count). The fourth-order valence-electron chi connectivity index (χ4n) is 3.32. The molecule has 1 amide bonds. The van der Waals surface area contributed by atoms with Gasteiger partial charge in [0, 0.05) is 15.8 Å². The number of carbonyl (C=O) groups is 1. The number of aromatic nitrogens is 2. The molecule has 5 nitrogen and oxygen atoms in total. The smallest absolute Gasteiger partial charge is 0.363 e. The number of thiophene rings is 1. The number of nitrogens with one attached hydrogen (secondary N) is 2. The van der Waals surface area contributed by atoms with Crippen LogP contribution in [-0.2, 0) is 6.54 Å². The average molecular weight is 485 g/mol. The highest BCUT2D eigenvalue weighted by Gasteiger charge is 2.47. The zero-order valence-corrected chi connectivity index (χ0v) is 17.3. The van der Waals surface area contributed by atoms with E-state index in [0.29, 0.717) is 12.1 Å². The van der Waals surface area contributed by atoms with Gasteiger partial charge >= 0.3 is 6.18 Å². The molecule has 0 saturated heterocycles. The monoisotopic (exact) mass is 484 g/mol. The molecule has 0 spiro atoms. The van der Waals surface area contributed by atoms with Crippen molar-refractivity contribution in [3.63, 3.8) is 0 Å². The van der Waals surface area contributed by atoms with Gasteiger partial charge in [0.2, 0.25) is 0 Å². The lowest BCUT2D eigenvalue weighted by molar-refractivity contribution is -0.173. The summed E-state index contributed by atoms with van der Waals surface area (Å²) in [6.45, 7) is 0.306. The lowest BCUT2D eigenvalue weighted by atomic mass is 9.96. The van der Waals surface area contributed by atoms with Gasteiger partial charge in [-0.25, -0.2) is 4.68 Å². The molecule has 29 heavy (non-hydrogen) atoms. The average Bonchev–Trinajstić information content (AvgIpc) is 3.35. The highest BCUT2D eigenvalue weighted by atomic mass is 79.9. The van der Waals surface area contributed by atoms with Gasteiger partial charge in [-0.05, 0) is 29.1 Å². The number of hydrogen-bond donors (Lipinski definition) is 2. The molecule has 3 aromatic rings. The Balaban J connectivity index is 1.64. The van der Waals surface area contributed by atoms with E-state index in [-0.39, 0.29) is 17.8 Å². The van der Waals surface area contributed by atoms with Crippen LogP contribution in [0.4, 0.5) is 19.0 Å². The second kappa shape index (κ2) is 7.83. The molecular formula is C19H16BrF3N4OS. The van der Waals surface area contributed by atoms with Crippen molar-refractivity contribution in [2.24, 2.45) is 0 Å². The molecule has 0 saturated carbocycles. The number of amides is 1. The molecule has 1 aromatic carbocycles. The summed E-state index contributed by atoms with van der Waals surface area (Å²) in [6, 6.07) is 8.41. The quantitative estimate of drug-likeness (QED) is 0.528. The normalized spacial score (nSPS) is 18.8. The van der Waals surface area contributed by atoms with E-state index >= 15 is 0 Å². The largest absolute Gasteiger partial charge is 0.410 e. The fraction of sp³-hybridized carbons (Fsp3) is 0.263. The van der Waals surface area contributed by atoms with Gasteiger partial charge in [0.05, 0.1) is 18.8 Å². The van der Waals surface area contributed by atoms with Crippen LogP contribution in [0.3, 0.4) is 0 Å². The number of alkyl halides is 3. The third-order valence-corrected chi connectivity index (χ3v) is 6.16. The highest BCUT2D eigenvalue weighted by molar-refractivity contribution is 9.10. The van der Waals surface area contributed by atoms with Crippen LogP contribution >= 0.6 is 27.3 Å². The Labute approximate surface area is 177 Å². The van der Waals surface area contributed by atoms with E-state index in [2.05, 4.69) is 31.7 Å². The molecule has 3 heterocycles. The third kappa shape index (κ3) is 4.18. The van der Waals surface area contributed by atoms with Crippen molar-refractivity contribution < 1.29 is 18.0 Å². The Morgan fingerprint density at radius 1 is 1.31 bits per heavy atom. The Morgan fingerprint density at radius 3 is 2.72 bits per heavy atom. The molecule has 2 aromatic heterocycles. The topological polar surface area (TPSA) is 59.0 Å². The van der Waals surface area contributed by atoms with Gasteiger partial charge in [-0.15, -0.1) is 11.3 Å². The third-order valence-electron chi connectivity index (χ3n) is 4.76. The first-order valence-corrected chi connectivity index (χ1v) is 10.5. The molecule has 0 fully saturated rings. The summed E-state index contributed by atoms with van der Waals surface area (Å²) < 4.78 is 42.9. The minimum atomic E-state index is -4.48. The number of anilines is 1. The molecular weight excluding hydrogens is 469 g/mol. The SMILES string of the molecule is O=C(NCc1cccs1)c1cnn2c1N[C@H](c1ccc(Br)cc1)C[C@H]2C(F)(F)F. The minimum Gasteiger partial charge on any atom is -0.363 e. The van der Waals surface area contributed by atoms with E-state index in [1.54, 1.807) is 24.3 Å². The Morgan fingerprint density at radius 2 is 2.07 bits per heavy atom. The van der Waals surface area contributed by atoms with Gasteiger partial charge in [0.1, 0.15) is 11.4 Å². The van der Waals surface area contributed by atoms with E-state index < -0.39 is 24.2 Å². The maximum Gasteiger partial charge on any atom is 0.410 e. The zero-order valence-electron chi connectivity index (χ0n) is 14.9.